The fourth-order valence-corrected chi connectivity index (χ4v) is 2.54. The molecule has 0 saturated heterocycles. The van der Waals surface area contributed by atoms with Gasteiger partial charge in [-0.2, -0.15) is 0 Å². The molecular formula is C19H24O. The number of hydrogen-bond acceptors (Lipinski definition) is 1. The van der Waals surface area contributed by atoms with Crippen LogP contribution in [0.3, 0.4) is 0 Å². The maximum Gasteiger partial charge on any atom is 0.115 e. The lowest BCUT2D eigenvalue weighted by atomic mass is 9.81. The topological polar surface area (TPSA) is 20.2 Å². The maximum atomic E-state index is 11.3. The van der Waals surface area contributed by atoms with E-state index in [1.54, 1.807) is 0 Å². The van der Waals surface area contributed by atoms with Crippen LogP contribution in [0.1, 0.15) is 44.2 Å². The molecular weight excluding hydrogens is 244 g/mol. The normalized spacial score (nSPS) is 13.2. The van der Waals surface area contributed by atoms with Crippen LogP contribution in [-0.2, 0) is 5.60 Å². The summed E-state index contributed by atoms with van der Waals surface area (Å²) in [4.78, 5) is 0. The molecule has 0 aliphatic heterocycles. The molecule has 2 aromatic carbocycles. The van der Waals surface area contributed by atoms with Crippen LogP contribution < -0.4 is 0 Å². The SMILES string of the molecule is CC[C@H](C)CCC(O)(c1ccccc1)c1ccccc1. The monoisotopic (exact) mass is 268 g/mol. The van der Waals surface area contributed by atoms with Gasteiger partial charge in [-0.25, -0.2) is 0 Å². The quantitative estimate of drug-likeness (QED) is 0.801. The number of aliphatic hydroxyl groups is 1. The van der Waals surface area contributed by atoms with Crippen molar-refractivity contribution in [3.8, 4) is 0 Å². The number of hydrogen-bond donors (Lipinski definition) is 1. The van der Waals surface area contributed by atoms with Gasteiger partial charge in [-0.1, -0.05) is 80.9 Å². The Hall–Kier alpha value is -1.60. The molecule has 1 nitrogen and oxygen atoms in total. The van der Waals surface area contributed by atoms with Crippen molar-refractivity contribution in [2.24, 2.45) is 5.92 Å². The van der Waals surface area contributed by atoms with Crippen LogP contribution in [0.25, 0.3) is 0 Å². The van der Waals surface area contributed by atoms with Gasteiger partial charge in [0.05, 0.1) is 0 Å². The Morgan fingerprint density at radius 2 is 1.35 bits per heavy atom. The second-order valence-electron chi connectivity index (χ2n) is 5.64. The highest BCUT2D eigenvalue weighted by Gasteiger charge is 2.31. The highest BCUT2D eigenvalue weighted by Crippen LogP contribution is 2.35. The van der Waals surface area contributed by atoms with Gasteiger partial charge in [-0.15, -0.1) is 0 Å². The summed E-state index contributed by atoms with van der Waals surface area (Å²) in [6.07, 6.45) is 2.94. The lowest BCUT2D eigenvalue weighted by Gasteiger charge is -2.30. The van der Waals surface area contributed by atoms with Gasteiger partial charge in [0, 0.05) is 0 Å². The Labute approximate surface area is 122 Å². The summed E-state index contributed by atoms with van der Waals surface area (Å²) in [5.74, 6) is 0.633. The summed E-state index contributed by atoms with van der Waals surface area (Å²) in [7, 11) is 0. The summed E-state index contributed by atoms with van der Waals surface area (Å²) < 4.78 is 0. The molecule has 0 radical (unpaired) electrons. The van der Waals surface area contributed by atoms with Gasteiger partial charge in [0.25, 0.3) is 0 Å². The second-order valence-corrected chi connectivity index (χ2v) is 5.64. The van der Waals surface area contributed by atoms with Gasteiger partial charge in [0.15, 0.2) is 0 Å². The van der Waals surface area contributed by atoms with E-state index < -0.39 is 5.60 Å². The summed E-state index contributed by atoms with van der Waals surface area (Å²) in [5.41, 5.74) is 1.08. The van der Waals surface area contributed by atoms with Crippen LogP contribution in [-0.4, -0.2) is 5.11 Å². The maximum absolute atomic E-state index is 11.3. The highest BCUT2D eigenvalue weighted by molar-refractivity contribution is 5.35. The number of rotatable bonds is 6. The van der Waals surface area contributed by atoms with Crippen molar-refractivity contribution >= 4 is 0 Å². The van der Waals surface area contributed by atoms with E-state index >= 15 is 0 Å². The molecule has 0 amide bonds. The zero-order valence-corrected chi connectivity index (χ0v) is 12.4. The van der Waals surface area contributed by atoms with E-state index in [0.29, 0.717) is 5.92 Å². The van der Waals surface area contributed by atoms with Gasteiger partial charge < -0.3 is 5.11 Å². The average molecular weight is 268 g/mol. The van der Waals surface area contributed by atoms with Gasteiger partial charge in [-0.05, 0) is 29.9 Å². The van der Waals surface area contributed by atoms with E-state index in [-0.39, 0.29) is 0 Å². The van der Waals surface area contributed by atoms with Crippen molar-refractivity contribution in [1.82, 2.24) is 0 Å². The van der Waals surface area contributed by atoms with Crippen LogP contribution >= 0.6 is 0 Å². The molecule has 0 bridgehead atoms. The molecule has 1 heteroatoms. The Bertz CT molecular complexity index is 464. The van der Waals surface area contributed by atoms with E-state index in [1.807, 2.05) is 60.7 Å². The fourth-order valence-electron chi connectivity index (χ4n) is 2.54. The predicted octanol–water partition coefficient (Wildman–Crippen LogP) is 4.75. The Morgan fingerprint density at radius 3 is 1.75 bits per heavy atom. The summed E-state index contributed by atoms with van der Waals surface area (Å²) in [6.45, 7) is 4.45. The summed E-state index contributed by atoms with van der Waals surface area (Å²) in [6, 6.07) is 20.0. The van der Waals surface area contributed by atoms with E-state index in [0.717, 1.165) is 30.4 Å². The van der Waals surface area contributed by atoms with Gasteiger partial charge in [0.1, 0.15) is 5.60 Å². The van der Waals surface area contributed by atoms with Crippen molar-refractivity contribution in [2.45, 2.75) is 38.7 Å². The average Bonchev–Trinajstić information content (AvgIpc) is 2.54. The fraction of sp³-hybridized carbons (Fsp3) is 0.368. The van der Waals surface area contributed by atoms with E-state index in [2.05, 4.69) is 13.8 Å². The molecule has 20 heavy (non-hydrogen) atoms. The molecule has 0 aliphatic carbocycles. The molecule has 1 N–H and O–H groups in total. The Morgan fingerprint density at radius 1 is 0.900 bits per heavy atom. The van der Waals surface area contributed by atoms with Gasteiger partial charge in [-0.3, -0.25) is 0 Å². The molecule has 0 aromatic heterocycles. The molecule has 0 saturated carbocycles. The van der Waals surface area contributed by atoms with E-state index in [1.165, 1.54) is 0 Å². The molecule has 0 unspecified atom stereocenters. The third-order valence-corrected chi connectivity index (χ3v) is 4.20. The van der Waals surface area contributed by atoms with E-state index in [9.17, 15) is 5.11 Å². The van der Waals surface area contributed by atoms with E-state index in [4.69, 9.17) is 0 Å². The minimum Gasteiger partial charge on any atom is -0.380 e. The van der Waals surface area contributed by atoms with Crippen LogP contribution in [0.2, 0.25) is 0 Å². The highest BCUT2D eigenvalue weighted by atomic mass is 16.3. The Balaban J connectivity index is 2.33. The molecule has 1 atom stereocenters. The number of benzene rings is 2. The van der Waals surface area contributed by atoms with Crippen molar-refractivity contribution in [3.63, 3.8) is 0 Å². The van der Waals surface area contributed by atoms with Crippen LogP contribution in [0, 0.1) is 5.92 Å². The minimum atomic E-state index is -0.883. The predicted molar refractivity (Wildman–Crippen MR) is 84.6 cm³/mol. The molecule has 0 fully saturated rings. The summed E-state index contributed by atoms with van der Waals surface area (Å²) in [5, 5.41) is 11.3. The molecule has 2 aromatic rings. The van der Waals surface area contributed by atoms with Crippen LogP contribution in [0.5, 0.6) is 0 Å². The largest absolute Gasteiger partial charge is 0.380 e. The first-order valence-electron chi connectivity index (χ1n) is 7.50. The van der Waals surface area contributed by atoms with Crippen molar-refractivity contribution in [3.05, 3.63) is 71.8 Å². The molecule has 2 rings (SSSR count). The molecule has 0 aliphatic rings. The smallest absolute Gasteiger partial charge is 0.115 e. The van der Waals surface area contributed by atoms with Gasteiger partial charge >= 0.3 is 0 Å². The first-order valence-corrected chi connectivity index (χ1v) is 7.50. The zero-order chi connectivity index (χ0) is 14.4. The molecule has 0 heterocycles. The molecule has 0 spiro atoms. The van der Waals surface area contributed by atoms with Crippen LogP contribution in [0.4, 0.5) is 0 Å². The third kappa shape index (κ3) is 3.29. The zero-order valence-electron chi connectivity index (χ0n) is 12.4. The summed E-state index contributed by atoms with van der Waals surface area (Å²) >= 11 is 0. The second kappa shape index (κ2) is 6.71. The van der Waals surface area contributed by atoms with Crippen molar-refractivity contribution in [2.75, 3.05) is 0 Å². The van der Waals surface area contributed by atoms with Gasteiger partial charge in [0.2, 0.25) is 0 Å². The Kier molecular flexibility index (Phi) is 4.97. The minimum absolute atomic E-state index is 0.633. The lowest BCUT2D eigenvalue weighted by Crippen LogP contribution is -2.27. The lowest BCUT2D eigenvalue weighted by molar-refractivity contribution is 0.0639. The first kappa shape index (κ1) is 14.8. The van der Waals surface area contributed by atoms with Crippen molar-refractivity contribution < 1.29 is 5.11 Å². The molecule has 106 valence electrons. The standard InChI is InChI=1S/C19H24O/c1-3-16(2)14-15-19(20,17-10-6-4-7-11-17)18-12-8-5-9-13-18/h4-13,16,20H,3,14-15H2,1-2H3/t16-/m0/s1. The third-order valence-electron chi connectivity index (χ3n) is 4.20. The van der Waals surface area contributed by atoms with Crippen molar-refractivity contribution in [1.29, 1.82) is 0 Å². The first-order chi connectivity index (χ1) is 9.66. The van der Waals surface area contributed by atoms with Crippen LogP contribution in [0.15, 0.2) is 60.7 Å².